The normalized spacial score (nSPS) is 10.8. The van der Waals surface area contributed by atoms with Gasteiger partial charge in [0.1, 0.15) is 5.69 Å². The van der Waals surface area contributed by atoms with E-state index in [1.807, 2.05) is 18.2 Å². The molecule has 1 aliphatic carbocycles. The summed E-state index contributed by atoms with van der Waals surface area (Å²) in [5.74, 6) is -0.990. The summed E-state index contributed by atoms with van der Waals surface area (Å²) in [6.45, 7) is 0. The van der Waals surface area contributed by atoms with E-state index in [0.717, 1.165) is 22.3 Å². The molecular formula is C29H19IrN2O2-. The first-order chi connectivity index (χ1) is 16.2. The third-order valence-corrected chi connectivity index (χ3v) is 5.42. The summed E-state index contributed by atoms with van der Waals surface area (Å²) in [6, 6.07) is 33.2. The van der Waals surface area contributed by atoms with Crippen LogP contribution < -0.4 is 0 Å². The zero-order valence-electron chi connectivity index (χ0n) is 18.0. The van der Waals surface area contributed by atoms with Crippen LogP contribution >= 0.6 is 0 Å². The monoisotopic (exact) mass is 620 g/mol. The van der Waals surface area contributed by atoms with Crippen LogP contribution in [0, 0.1) is 6.07 Å². The van der Waals surface area contributed by atoms with Gasteiger partial charge in [0.2, 0.25) is 0 Å². The number of benzene rings is 3. The standard InChI is InChI=1S/C23H14N.C6H5NO2.Ir/c1-2-7-16(8-3-1)19-10-4-5-11-20(19)22-15-18-14-13-17-9-6-12-21(24-22)23(17)18;8-6(9)5-3-1-2-4-7-5;/h1-10,12-15H;1-4H,(H,8,9);/q-1;;. The number of rotatable bonds is 3. The fourth-order valence-electron chi connectivity index (χ4n) is 3.92. The van der Waals surface area contributed by atoms with Crippen molar-refractivity contribution < 1.29 is 30.0 Å². The van der Waals surface area contributed by atoms with Crippen LogP contribution in [0.25, 0.3) is 45.4 Å². The van der Waals surface area contributed by atoms with E-state index >= 15 is 0 Å². The summed E-state index contributed by atoms with van der Waals surface area (Å²) < 4.78 is 0. The van der Waals surface area contributed by atoms with Crippen LogP contribution in [0.4, 0.5) is 0 Å². The number of hydrogen-bond acceptors (Lipinski definition) is 3. The molecule has 1 radical (unpaired) electrons. The molecule has 0 aliphatic heterocycles. The van der Waals surface area contributed by atoms with Crippen LogP contribution in [0.2, 0.25) is 0 Å². The molecule has 2 heterocycles. The van der Waals surface area contributed by atoms with Crippen LogP contribution in [-0.4, -0.2) is 21.0 Å². The van der Waals surface area contributed by atoms with E-state index in [4.69, 9.17) is 10.1 Å². The van der Waals surface area contributed by atoms with E-state index in [2.05, 4.69) is 77.8 Å². The number of carboxylic acids is 1. The van der Waals surface area contributed by atoms with Gasteiger partial charge < -0.3 is 5.11 Å². The molecule has 0 amide bonds. The van der Waals surface area contributed by atoms with Gasteiger partial charge in [0.25, 0.3) is 0 Å². The third kappa shape index (κ3) is 4.72. The van der Waals surface area contributed by atoms with E-state index in [9.17, 15) is 4.79 Å². The Kier molecular flexibility index (Phi) is 7.07. The second kappa shape index (κ2) is 10.3. The van der Waals surface area contributed by atoms with E-state index in [0.29, 0.717) is 0 Å². The Balaban J connectivity index is 0.000000234. The molecular weight excluding hydrogens is 601 g/mol. The Morgan fingerprint density at radius 2 is 1.62 bits per heavy atom. The number of hydrogen-bond donors (Lipinski definition) is 1. The van der Waals surface area contributed by atoms with Gasteiger partial charge in [-0.15, -0.1) is 29.8 Å². The molecule has 5 aromatic rings. The van der Waals surface area contributed by atoms with Gasteiger partial charge in [-0.2, -0.15) is 0 Å². The fraction of sp³-hybridized carbons (Fsp3) is 0. The average molecular weight is 620 g/mol. The SMILES string of the molecule is O=C(O)c1ccccn1.[Ir].[c-]1cccc(-c2ccccc2)c1-c1cc2c3c(cccc3n1)C=C2. The van der Waals surface area contributed by atoms with Crippen LogP contribution in [0.15, 0.2) is 97.2 Å². The molecule has 0 saturated heterocycles. The second-order valence-electron chi connectivity index (χ2n) is 7.52. The van der Waals surface area contributed by atoms with E-state index in [-0.39, 0.29) is 25.8 Å². The van der Waals surface area contributed by atoms with Crippen molar-refractivity contribution in [2.24, 2.45) is 0 Å². The topological polar surface area (TPSA) is 63.1 Å². The molecule has 0 saturated carbocycles. The van der Waals surface area contributed by atoms with Gasteiger partial charge in [-0.3, -0.25) is 4.98 Å². The van der Waals surface area contributed by atoms with Crippen molar-refractivity contribution in [3.05, 3.63) is 120 Å². The molecule has 0 atom stereocenters. The first kappa shape index (κ1) is 23.2. The predicted molar refractivity (Wildman–Crippen MR) is 132 cm³/mol. The van der Waals surface area contributed by atoms with Crippen LogP contribution in [0.3, 0.4) is 0 Å². The summed E-state index contributed by atoms with van der Waals surface area (Å²) in [5.41, 5.74) is 7.98. The predicted octanol–water partition coefficient (Wildman–Crippen LogP) is 6.63. The number of nitrogens with zero attached hydrogens (tertiary/aromatic N) is 2. The summed E-state index contributed by atoms with van der Waals surface area (Å²) in [4.78, 5) is 18.6. The van der Waals surface area contributed by atoms with Gasteiger partial charge in [-0.05, 0) is 35.0 Å². The number of aromatic nitrogens is 2. The molecule has 3 aromatic carbocycles. The second-order valence-corrected chi connectivity index (χ2v) is 7.52. The molecule has 4 nitrogen and oxygen atoms in total. The van der Waals surface area contributed by atoms with Gasteiger partial charge in [0.15, 0.2) is 0 Å². The molecule has 1 N–H and O–H groups in total. The van der Waals surface area contributed by atoms with Crippen molar-refractivity contribution in [2.75, 3.05) is 0 Å². The Morgan fingerprint density at radius 3 is 2.35 bits per heavy atom. The number of aromatic carboxylic acids is 1. The molecule has 2 aromatic heterocycles. The molecule has 5 heteroatoms. The smallest absolute Gasteiger partial charge is 0.354 e. The van der Waals surface area contributed by atoms with Crippen molar-refractivity contribution in [1.82, 2.24) is 9.97 Å². The maximum atomic E-state index is 10.1. The van der Waals surface area contributed by atoms with Gasteiger partial charge in [0, 0.05) is 31.7 Å². The van der Waals surface area contributed by atoms with Gasteiger partial charge in [0.05, 0.1) is 5.52 Å². The maximum absolute atomic E-state index is 10.1. The van der Waals surface area contributed by atoms with E-state index < -0.39 is 5.97 Å². The Labute approximate surface area is 211 Å². The van der Waals surface area contributed by atoms with Crippen molar-refractivity contribution in [1.29, 1.82) is 0 Å². The molecule has 1 aliphatic rings. The van der Waals surface area contributed by atoms with E-state index in [1.165, 1.54) is 34.3 Å². The van der Waals surface area contributed by atoms with Crippen molar-refractivity contribution in [3.8, 4) is 22.4 Å². The summed E-state index contributed by atoms with van der Waals surface area (Å²) in [7, 11) is 0. The van der Waals surface area contributed by atoms with Crippen LogP contribution in [-0.2, 0) is 20.1 Å². The molecule has 6 rings (SSSR count). The molecule has 0 unspecified atom stereocenters. The molecule has 0 fully saturated rings. The fourth-order valence-corrected chi connectivity index (χ4v) is 3.92. The minimum absolute atomic E-state index is 0. The molecule has 167 valence electrons. The first-order valence-electron chi connectivity index (χ1n) is 10.5. The summed E-state index contributed by atoms with van der Waals surface area (Å²) in [6.07, 6.45) is 5.79. The van der Waals surface area contributed by atoms with Crippen molar-refractivity contribution >= 4 is 29.0 Å². The van der Waals surface area contributed by atoms with Gasteiger partial charge >= 0.3 is 5.97 Å². The van der Waals surface area contributed by atoms with Crippen molar-refractivity contribution in [2.45, 2.75) is 0 Å². The average Bonchev–Trinajstić information content (AvgIpc) is 3.30. The van der Waals surface area contributed by atoms with Crippen molar-refractivity contribution in [3.63, 3.8) is 0 Å². The number of carboxylic acid groups (broad SMARTS) is 1. The van der Waals surface area contributed by atoms with Crippen LogP contribution in [0.5, 0.6) is 0 Å². The third-order valence-electron chi connectivity index (χ3n) is 5.42. The Hall–Kier alpha value is -3.92. The van der Waals surface area contributed by atoms with Gasteiger partial charge in [-0.1, -0.05) is 77.9 Å². The maximum Gasteiger partial charge on any atom is 0.354 e. The summed E-state index contributed by atoms with van der Waals surface area (Å²) >= 11 is 0. The number of carbonyl (C=O) groups is 1. The first-order valence-corrected chi connectivity index (χ1v) is 10.5. The van der Waals surface area contributed by atoms with Gasteiger partial charge in [-0.25, -0.2) is 9.78 Å². The zero-order valence-corrected chi connectivity index (χ0v) is 20.4. The summed E-state index contributed by atoms with van der Waals surface area (Å²) in [5, 5.41) is 9.57. The molecule has 0 bridgehead atoms. The minimum Gasteiger partial charge on any atom is -0.477 e. The number of pyridine rings is 2. The largest absolute Gasteiger partial charge is 0.477 e. The molecule has 0 spiro atoms. The quantitative estimate of drug-likeness (QED) is 0.226. The zero-order chi connectivity index (χ0) is 22.6. The Bertz CT molecular complexity index is 1480. The van der Waals surface area contributed by atoms with Crippen LogP contribution in [0.1, 0.15) is 21.6 Å². The molecule has 34 heavy (non-hydrogen) atoms. The minimum atomic E-state index is -0.990. The Morgan fingerprint density at radius 1 is 0.824 bits per heavy atom. The van der Waals surface area contributed by atoms with E-state index in [1.54, 1.807) is 12.1 Å².